The van der Waals surface area contributed by atoms with Gasteiger partial charge in [-0.25, -0.2) is 0 Å². The van der Waals surface area contributed by atoms with Crippen LogP contribution >= 0.6 is 0 Å². The van der Waals surface area contributed by atoms with Gasteiger partial charge in [-0.1, -0.05) is 48.5 Å². The van der Waals surface area contributed by atoms with E-state index in [1.807, 2.05) is 36.4 Å². The van der Waals surface area contributed by atoms with Crippen LogP contribution in [0.3, 0.4) is 0 Å². The predicted octanol–water partition coefficient (Wildman–Crippen LogP) is 3.26. The summed E-state index contributed by atoms with van der Waals surface area (Å²) in [4.78, 5) is 2.21. The van der Waals surface area contributed by atoms with E-state index in [2.05, 4.69) is 29.7 Å². The maximum Gasteiger partial charge on any atom is 0.119 e. The topological polar surface area (TPSA) is 41.9 Å². The Kier molecular flexibility index (Phi) is 8.19. The summed E-state index contributed by atoms with van der Waals surface area (Å²) < 4.78 is 10.7. The van der Waals surface area contributed by atoms with Crippen molar-refractivity contribution in [3.63, 3.8) is 0 Å². The molecule has 134 valence electrons. The molecule has 0 amide bonds. The molecule has 0 saturated carbocycles. The SMILES string of the molecule is C=CCOC[C@@H](O)CN(Cc1ccccc1)Cc1cccc(OC)c1. The maximum atomic E-state index is 10.3. The molecule has 0 fully saturated rings. The Bertz CT molecular complexity index is 630. The van der Waals surface area contributed by atoms with Crippen LogP contribution in [0.4, 0.5) is 0 Å². The van der Waals surface area contributed by atoms with Crippen molar-refractivity contribution in [3.05, 3.63) is 78.4 Å². The molecular formula is C21H27NO3. The summed E-state index contributed by atoms with van der Waals surface area (Å²) in [5, 5.41) is 10.3. The largest absolute Gasteiger partial charge is 0.497 e. The van der Waals surface area contributed by atoms with Crippen molar-refractivity contribution in [3.8, 4) is 5.75 Å². The number of nitrogens with zero attached hydrogens (tertiary/aromatic N) is 1. The Labute approximate surface area is 150 Å². The standard InChI is InChI=1S/C21H27NO3/c1-3-12-25-17-20(23)16-22(14-18-8-5-4-6-9-18)15-19-10-7-11-21(13-19)24-2/h3-11,13,20,23H,1,12,14-17H2,2H3/t20-/m0/s1. The van der Waals surface area contributed by atoms with Gasteiger partial charge in [-0.3, -0.25) is 4.90 Å². The van der Waals surface area contributed by atoms with Gasteiger partial charge in [0.25, 0.3) is 0 Å². The lowest BCUT2D eigenvalue weighted by atomic mass is 10.1. The summed E-state index contributed by atoms with van der Waals surface area (Å²) in [7, 11) is 1.67. The minimum atomic E-state index is -0.547. The zero-order valence-corrected chi connectivity index (χ0v) is 14.8. The average Bonchev–Trinajstić information content (AvgIpc) is 2.63. The van der Waals surface area contributed by atoms with Gasteiger partial charge < -0.3 is 14.6 Å². The molecular weight excluding hydrogens is 314 g/mol. The van der Waals surface area contributed by atoms with Crippen LogP contribution in [0.2, 0.25) is 0 Å². The van der Waals surface area contributed by atoms with Crippen molar-refractivity contribution >= 4 is 0 Å². The van der Waals surface area contributed by atoms with Gasteiger partial charge in [0.15, 0.2) is 0 Å². The van der Waals surface area contributed by atoms with Crippen LogP contribution in [0.25, 0.3) is 0 Å². The normalized spacial score (nSPS) is 12.1. The van der Waals surface area contributed by atoms with Crippen molar-refractivity contribution in [2.75, 3.05) is 26.9 Å². The zero-order chi connectivity index (χ0) is 17.9. The molecule has 0 aliphatic rings. The highest BCUT2D eigenvalue weighted by atomic mass is 16.5. The Balaban J connectivity index is 2.03. The summed E-state index contributed by atoms with van der Waals surface area (Å²) in [5.74, 6) is 0.840. The number of benzene rings is 2. The molecule has 0 radical (unpaired) electrons. The highest BCUT2D eigenvalue weighted by Gasteiger charge is 2.13. The highest BCUT2D eigenvalue weighted by Crippen LogP contribution is 2.16. The molecule has 2 aromatic carbocycles. The van der Waals surface area contributed by atoms with Crippen LogP contribution in [0.15, 0.2) is 67.3 Å². The third kappa shape index (κ3) is 7.10. The number of ether oxygens (including phenoxy) is 2. The second kappa shape index (κ2) is 10.7. The van der Waals surface area contributed by atoms with E-state index in [1.165, 1.54) is 5.56 Å². The molecule has 25 heavy (non-hydrogen) atoms. The number of hydrogen-bond acceptors (Lipinski definition) is 4. The van der Waals surface area contributed by atoms with Gasteiger partial charge >= 0.3 is 0 Å². The summed E-state index contributed by atoms with van der Waals surface area (Å²) in [6, 6.07) is 18.3. The van der Waals surface area contributed by atoms with Gasteiger partial charge in [0.05, 0.1) is 26.4 Å². The third-order valence-electron chi connectivity index (χ3n) is 3.80. The fraction of sp³-hybridized carbons (Fsp3) is 0.333. The average molecular weight is 341 g/mol. The van der Waals surface area contributed by atoms with E-state index in [0.29, 0.717) is 19.8 Å². The van der Waals surface area contributed by atoms with Gasteiger partial charge in [0, 0.05) is 19.6 Å². The van der Waals surface area contributed by atoms with Crippen LogP contribution in [-0.2, 0) is 17.8 Å². The lowest BCUT2D eigenvalue weighted by Crippen LogP contribution is -2.34. The predicted molar refractivity (Wildman–Crippen MR) is 101 cm³/mol. The van der Waals surface area contributed by atoms with E-state index in [0.717, 1.165) is 24.4 Å². The maximum absolute atomic E-state index is 10.3. The first-order chi connectivity index (χ1) is 12.2. The summed E-state index contributed by atoms with van der Waals surface area (Å²) in [6.07, 6.45) is 1.14. The van der Waals surface area contributed by atoms with Gasteiger partial charge in [0.1, 0.15) is 5.75 Å². The molecule has 0 aliphatic heterocycles. The number of aliphatic hydroxyl groups excluding tert-OH is 1. The fourth-order valence-electron chi connectivity index (χ4n) is 2.69. The van der Waals surface area contributed by atoms with Crippen molar-refractivity contribution < 1.29 is 14.6 Å². The van der Waals surface area contributed by atoms with Crippen LogP contribution in [0.5, 0.6) is 5.75 Å². The second-order valence-corrected chi connectivity index (χ2v) is 5.99. The summed E-state index contributed by atoms with van der Waals surface area (Å²) >= 11 is 0. The van der Waals surface area contributed by atoms with E-state index >= 15 is 0 Å². The molecule has 0 aromatic heterocycles. The quantitative estimate of drug-likeness (QED) is 0.503. The molecule has 0 heterocycles. The Morgan fingerprint density at radius 1 is 1.08 bits per heavy atom. The van der Waals surface area contributed by atoms with Crippen molar-refractivity contribution in [2.24, 2.45) is 0 Å². The lowest BCUT2D eigenvalue weighted by molar-refractivity contribution is 0.0228. The van der Waals surface area contributed by atoms with Crippen LogP contribution < -0.4 is 4.74 Å². The summed E-state index contributed by atoms with van der Waals surface area (Å²) in [5.41, 5.74) is 2.36. The first-order valence-electron chi connectivity index (χ1n) is 8.47. The summed E-state index contributed by atoms with van der Waals surface area (Å²) in [6.45, 7) is 6.39. The smallest absolute Gasteiger partial charge is 0.119 e. The van der Waals surface area contributed by atoms with E-state index in [9.17, 15) is 5.11 Å². The third-order valence-corrected chi connectivity index (χ3v) is 3.80. The molecule has 4 nitrogen and oxygen atoms in total. The molecule has 4 heteroatoms. The molecule has 2 aromatic rings. The fourth-order valence-corrected chi connectivity index (χ4v) is 2.69. The van der Waals surface area contributed by atoms with Gasteiger partial charge in [-0.2, -0.15) is 0 Å². The first-order valence-corrected chi connectivity index (χ1v) is 8.47. The number of aliphatic hydroxyl groups is 1. The molecule has 0 bridgehead atoms. The number of methoxy groups -OCH3 is 1. The molecule has 0 saturated heterocycles. The van der Waals surface area contributed by atoms with Gasteiger partial charge in [0.2, 0.25) is 0 Å². The molecule has 2 rings (SSSR count). The van der Waals surface area contributed by atoms with Gasteiger partial charge in [-0.05, 0) is 23.3 Å². The van der Waals surface area contributed by atoms with E-state index < -0.39 is 6.10 Å². The molecule has 1 atom stereocenters. The second-order valence-electron chi connectivity index (χ2n) is 5.99. The molecule has 0 spiro atoms. The molecule has 0 aliphatic carbocycles. The van der Waals surface area contributed by atoms with E-state index in [-0.39, 0.29) is 0 Å². The van der Waals surface area contributed by atoms with Crippen LogP contribution in [0, 0.1) is 0 Å². The van der Waals surface area contributed by atoms with Crippen molar-refractivity contribution in [1.29, 1.82) is 0 Å². The van der Waals surface area contributed by atoms with Crippen molar-refractivity contribution in [1.82, 2.24) is 4.90 Å². The Morgan fingerprint density at radius 3 is 2.52 bits per heavy atom. The molecule has 0 unspecified atom stereocenters. The Morgan fingerprint density at radius 2 is 1.80 bits per heavy atom. The lowest BCUT2D eigenvalue weighted by Gasteiger charge is -2.25. The van der Waals surface area contributed by atoms with Crippen LogP contribution in [0.1, 0.15) is 11.1 Å². The minimum absolute atomic E-state index is 0.301. The van der Waals surface area contributed by atoms with Crippen LogP contribution in [-0.4, -0.2) is 43.0 Å². The Hall–Kier alpha value is -2.14. The first kappa shape index (κ1) is 19.2. The minimum Gasteiger partial charge on any atom is -0.497 e. The van der Waals surface area contributed by atoms with Gasteiger partial charge in [-0.15, -0.1) is 6.58 Å². The zero-order valence-electron chi connectivity index (χ0n) is 14.8. The number of rotatable bonds is 11. The monoisotopic (exact) mass is 341 g/mol. The van der Waals surface area contributed by atoms with E-state index in [1.54, 1.807) is 13.2 Å². The number of hydrogen-bond donors (Lipinski definition) is 1. The van der Waals surface area contributed by atoms with Crippen molar-refractivity contribution in [2.45, 2.75) is 19.2 Å². The van der Waals surface area contributed by atoms with E-state index in [4.69, 9.17) is 9.47 Å². The highest BCUT2D eigenvalue weighted by molar-refractivity contribution is 5.28. The molecule has 1 N–H and O–H groups in total.